The minimum absolute atomic E-state index is 0.438. The van der Waals surface area contributed by atoms with Crippen LogP contribution in [0, 0.1) is 13.8 Å². The topological polar surface area (TPSA) is 36.3 Å². The third-order valence-corrected chi connectivity index (χ3v) is 6.91. The minimum Gasteiger partial charge on any atom is -0.311 e. The summed E-state index contributed by atoms with van der Waals surface area (Å²) in [6.07, 6.45) is 0. The Kier molecular flexibility index (Phi) is 6.45. The van der Waals surface area contributed by atoms with Crippen LogP contribution in [-0.2, 0) is 6.54 Å². The van der Waals surface area contributed by atoms with Gasteiger partial charge in [0.05, 0.1) is 17.4 Å². The van der Waals surface area contributed by atoms with E-state index in [1.165, 1.54) is 16.1 Å². The van der Waals surface area contributed by atoms with Crippen molar-refractivity contribution in [3.05, 3.63) is 69.7 Å². The number of rotatable bonds is 7. The summed E-state index contributed by atoms with van der Waals surface area (Å²) < 4.78 is 2.06. The molecule has 1 aromatic carbocycles. The van der Waals surface area contributed by atoms with Gasteiger partial charge in [-0.25, -0.2) is 4.68 Å². The van der Waals surface area contributed by atoms with Crippen molar-refractivity contribution in [1.29, 1.82) is 0 Å². The van der Waals surface area contributed by atoms with Gasteiger partial charge in [0.2, 0.25) is 0 Å². The van der Waals surface area contributed by atoms with Crippen LogP contribution in [0.1, 0.15) is 27.9 Å². The molecule has 0 bridgehead atoms. The second-order valence-corrected chi connectivity index (χ2v) is 8.88. The number of piperazine rings is 1. The lowest BCUT2D eigenvalue weighted by Crippen LogP contribution is -2.47. The first-order chi connectivity index (χ1) is 14.1. The number of aromatic nitrogens is 2. The van der Waals surface area contributed by atoms with E-state index in [2.05, 4.69) is 82.5 Å². The molecule has 0 aliphatic carbocycles. The summed E-state index contributed by atoms with van der Waals surface area (Å²) in [6, 6.07) is 15.3. The number of hydrogen-bond donors (Lipinski definition) is 1. The Morgan fingerprint density at radius 1 is 1.03 bits per heavy atom. The Hall–Kier alpha value is -1.99. The number of aryl methyl sites for hydroxylation is 1. The number of likely N-dealkylation sites (N-methyl/N-ethyl adjacent to an activating group) is 1. The molecule has 1 fully saturated rings. The average Bonchev–Trinajstić information content (AvgIpc) is 3.36. The zero-order valence-corrected chi connectivity index (χ0v) is 18.5. The molecule has 0 amide bonds. The van der Waals surface area contributed by atoms with E-state index in [9.17, 15) is 0 Å². The summed E-state index contributed by atoms with van der Waals surface area (Å²) in [4.78, 5) is 6.50. The summed E-state index contributed by atoms with van der Waals surface area (Å²) in [5, 5.41) is 10.7. The highest BCUT2D eigenvalue weighted by molar-refractivity contribution is 7.10. The summed E-state index contributed by atoms with van der Waals surface area (Å²) >= 11 is 1.87. The molecule has 5 nitrogen and oxygen atoms in total. The Balaban J connectivity index is 1.45. The van der Waals surface area contributed by atoms with Crippen molar-refractivity contribution in [3.8, 4) is 5.69 Å². The zero-order valence-electron chi connectivity index (χ0n) is 17.6. The summed E-state index contributed by atoms with van der Waals surface area (Å²) in [7, 11) is 2.21. The van der Waals surface area contributed by atoms with Gasteiger partial charge in [0.25, 0.3) is 0 Å². The van der Waals surface area contributed by atoms with Crippen molar-refractivity contribution < 1.29 is 0 Å². The Bertz CT molecular complexity index is 895. The molecule has 1 aliphatic rings. The zero-order chi connectivity index (χ0) is 20.2. The van der Waals surface area contributed by atoms with E-state index < -0.39 is 0 Å². The summed E-state index contributed by atoms with van der Waals surface area (Å²) in [6.45, 7) is 10.6. The first-order valence-corrected chi connectivity index (χ1v) is 11.3. The fraction of sp³-hybridized carbons (Fsp3) is 0.435. The highest BCUT2D eigenvalue weighted by Gasteiger charge is 2.24. The molecule has 1 aliphatic heterocycles. The van der Waals surface area contributed by atoms with Crippen LogP contribution < -0.4 is 5.32 Å². The lowest BCUT2D eigenvalue weighted by Gasteiger charge is -2.37. The van der Waals surface area contributed by atoms with Crippen molar-refractivity contribution in [1.82, 2.24) is 24.9 Å². The molecule has 154 valence electrons. The highest BCUT2D eigenvalue weighted by Crippen LogP contribution is 2.26. The standard InChI is InChI=1S/C23H31N5S/c1-18-21(19(2)28(25-18)20-8-5-4-6-9-20)16-24-17-22(23-10-7-15-29-23)27-13-11-26(3)12-14-27/h4-10,15,22,24H,11-14,16-17H2,1-3H3/t22-/m0/s1. The first kappa shape index (κ1) is 20.3. The van der Waals surface area contributed by atoms with Gasteiger partial charge in [-0.1, -0.05) is 24.3 Å². The van der Waals surface area contributed by atoms with Gasteiger partial charge >= 0.3 is 0 Å². The number of hydrogen-bond acceptors (Lipinski definition) is 5. The van der Waals surface area contributed by atoms with E-state index in [0.29, 0.717) is 6.04 Å². The van der Waals surface area contributed by atoms with Gasteiger partial charge in [-0.05, 0) is 44.5 Å². The molecular weight excluding hydrogens is 378 g/mol. The van der Waals surface area contributed by atoms with Crippen molar-refractivity contribution in [2.45, 2.75) is 26.4 Å². The predicted molar refractivity (Wildman–Crippen MR) is 121 cm³/mol. The van der Waals surface area contributed by atoms with Gasteiger partial charge in [0, 0.05) is 55.4 Å². The van der Waals surface area contributed by atoms with E-state index in [1.54, 1.807) is 0 Å². The maximum Gasteiger partial charge on any atom is 0.0648 e. The van der Waals surface area contributed by atoms with E-state index in [-0.39, 0.29) is 0 Å². The average molecular weight is 410 g/mol. The molecule has 1 N–H and O–H groups in total. The number of para-hydroxylation sites is 1. The minimum atomic E-state index is 0.438. The molecule has 4 rings (SSSR count). The molecule has 0 spiro atoms. The molecule has 0 unspecified atom stereocenters. The van der Waals surface area contributed by atoms with Crippen molar-refractivity contribution in [3.63, 3.8) is 0 Å². The Morgan fingerprint density at radius 3 is 2.48 bits per heavy atom. The molecular formula is C23H31N5S. The molecule has 2 aromatic heterocycles. The number of thiophene rings is 1. The van der Waals surface area contributed by atoms with E-state index >= 15 is 0 Å². The first-order valence-electron chi connectivity index (χ1n) is 10.4. The highest BCUT2D eigenvalue weighted by atomic mass is 32.1. The number of benzene rings is 1. The van der Waals surface area contributed by atoms with Crippen molar-refractivity contribution in [2.75, 3.05) is 39.8 Å². The second kappa shape index (κ2) is 9.22. The van der Waals surface area contributed by atoms with E-state index in [0.717, 1.165) is 50.6 Å². The monoisotopic (exact) mass is 409 g/mol. The fourth-order valence-corrected chi connectivity index (χ4v) is 4.97. The normalized spacial score (nSPS) is 16.9. The Morgan fingerprint density at radius 2 is 1.79 bits per heavy atom. The lowest BCUT2D eigenvalue weighted by atomic mass is 10.1. The molecule has 3 aromatic rings. The third kappa shape index (κ3) is 4.61. The van der Waals surface area contributed by atoms with Crippen molar-refractivity contribution in [2.24, 2.45) is 0 Å². The second-order valence-electron chi connectivity index (χ2n) is 7.90. The van der Waals surface area contributed by atoms with Crippen LogP contribution in [0.5, 0.6) is 0 Å². The molecule has 0 saturated carbocycles. The third-order valence-electron chi connectivity index (χ3n) is 5.93. The van der Waals surface area contributed by atoms with Crippen molar-refractivity contribution >= 4 is 11.3 Å². The van der Waals surface area contributed by atoms with Gasteiger partial charge in [-0.15, -0.1) is 11.3 Å². The largest absolute Gasteiger partial charge is 0.311 e. The van der Waals surface area contributed by atoms with Gasteiger partial charge in [-0.3, -0.25) is 4.90 Å². The van der Waals surface area contributed by atoms with E-state index in [1.807, 2.05) is 17.4 Å². The Labute approximate surface area is 178 Å². The quantitative estimate of drug-likeness (QED) is 0.647. The molecule has 1 saturated heterocycles. The molecule has 1 atom stereocenters. The number of nitrogens with one attached hydrogen (secondary N) is 1. The van der Waals surface area contributed by atoms with Gasteiger partial charge < -0.3 is 10.2 Å². The van der Waals surface area contributed by atoms with Crippen LogP contribution >= 0.6 is 11.3 Å². The fourth-order valence-electron chi connectivity index (χ4n) is 4.11. The van der Waals surface area contributed by atoms with Crippen LogP contribution in [0.2, 0.25) is 0 Å². The maximum atomic E-state index is 4.79. The molecule has 29 heavy (non-hydrogen) atoms. The molecule has 3 heterocycles. The van der Waals surface area contributed by atoms with Gasteiger partial charge in [0.1, 0.15) is 0 Å². The summed E-state index contributed by atoms with van der Waals surface area (Å²) in [5.74, 6) is 0. The van der Waals surface area contributed by atoms with Crippen LogP contribution in [0.15, 0.2) is 47.8 Å². The number of nitrogens with zero attached hydrogens (tertiary/aromatic N) is 4. The van der Waals surface area contributed by atoms with Gasteiger partial charge in [0.15, 0.2) is 0 Å². The van der Waals surface area contributed by atoms with Gasteiger partial charge in [-0.2, -0.15) is 5.10 Å². The summed E-state index contributed by atoms with van der Waals surface area (Å²) in [5.41, 5.74) is 4.74. The lowest BCUT2D eigenvalue weighted by molar-refractivity contribution is 0.111. The van der Waals surface area contributed by atoms with Crippen LogP contribution in [0.25, 0.3) is 5.69 Å². The maximum absolute atomic E-state index is 4.79. The molecule has 6 heteroatoms. The smallest absolute Gasteiger partial charge is 0.0648 e. The van der Waals surface area contributed by atoms with Crippen LogP contribution in [0.3, 0.4) is 0 Å². The van der Waals surface area contributed by atoms with Crippen LogP contribution in [0.4, 0.5) is 0 Å². The molecule has 0 radical (unpaired) electrons. The predicted octanol–water partition coefficient (Wildman–Crippen LogP) is 3.63. The SMILES string of the molecule is Cc1nn(-c2ccccc2)c(C)c1CNC[C@@H](c1cccs1)N1CCN(C)CC1. The van der Waals surface area contributed by atoms with Crippen LogP contribution in [-0.4, -0.2) is 59.4 Å². The van der Waals surface area contributed by atoms with E-state index in [4.69, 9.17) is 5.10 Å².